The minimum atomic E-state index is -0.0671. The van der Waals surface area contributed by atoms with Crippen molar-refractivity contribution in [1.82, 2.24) is 18.2 Å². The lowest BCUT2D eigenvalue weighted by Gasteiger charge is -2.36. The number of hydrogen-bond donors (Lipinski definition) is 0. The van der Waals surface area contributed by atoms with Crippen molar-refractivity contribution in [2.75, 3.05) is 0 Å². The van der Waals surface area contributed by atoms with Gasteiger partial charge in [-0.1, -0.05) is 145 Å². The second-order valence-electron chi connectivity index (χ2n) is 22.3. The van der Waals surface area contributed by atoms with Crippen molar-refractivity contribution in [1.29, 1.82) is 0 Å². The van der Waals surface area contributed by atoms with Gasteiger partial charge in [0.2, 0.25) is 0 Å². The number of fused-ring (bicyclic) bond motifs is 19. The molecule has 0 N–H and O–H groups in total. The number of aryl methyl sites for hydroxylation is 6. The Labute approximate surface area is 428 Å². The molecule has 0 aliphatic carbocycles. The molecule has 1 unspecified atom stereocenters. The maximum Gasteiger partial charge on any atom is 0.333 e. The van der Waals surface area contributed by atoms with Gasteiger partial charge in [0.1, 0.15) is 0 Å². The zero-order chi connectivity index (χ0) is 48.9. The highest BCUT2D eigenvalue weighted by molar-refractivity contribution is 6.90. The molecule has 74 heavy (non-hydrogen) atoms. The Balaban J connectivity index is 1.03. The van der Waals surface area contributed by atoms with E-state index in [0.29, 0.717) is 0 Å². The minimum absolute atomic E-state index is 0.0671. The predicted octanol–water partition coefficient (Wildman–Crippen LogP) is 16.0. The Kier molecular flexibility index (Phi) is 7.11. The average Bonchev–Trinajstić information content (AvgIpc) is 4.21. The van der Waals surface area contributed by atoms with E-state index in [2.05, 4.69) is 230 Å². The SMILES string of the molecule is Cc1cc(C)c(-c2cc3c4c(c2)-n2c5ccccc5c5cccc(c52)B4n2c4c-3cccc4c3c2c2cccc4c2n3C2c3c-4cc(-c4c(C)cc(C)cc4C)cc3-n3c4ccccc4c4cccc2c43)c(C)c1. The molecular formula is C69H47BN4. The Hall–Kier alpha value is -8.80. The fourth-order valence-corrected chi connectivity index (χ4v) is 16.0. The van der Waals surface area contributed by atoms with Crippen LogP contribution in [0.4, 0.5) is 0 Å². The highest BCUT2D eigenvalue weighted by Crippen LogP contribution is 2.58. The molecule has 0 bridgehead atoms. The van der Waals surface area contributed by atoms with E-state index >= 15 is 0 Å². The van der Waals surface area contributed by atoms with E-state index in [-0.39, 0.29) is 12.9 Å². The third-order valence-corrected chi connectivity index (χ3v) is 18.2. The lowest BCUT2D eigenvalue weighted by molar-refractivity contribution is 0.711. The van der Waals surface area contributed by atoms with Crippen molar-refractivity contribution >= 4 is 94.2 Å². The molecule has 0 spiro atoms. The number of aromatic nitrogens is 4. The normalized spacial score (nSPS) is 14.5. The summed E-state index contributed by atoms with van der Waals surface area (Å²) in [6.45, 7) is 13.6. The van der Waals surface area contributed by atoms with E-state index in [1.165, 1.54) is 188 Å². The van der Waals surface area contributed by atoms with Gasteiger partial charge in [-0.25, -0.2) is 0 Å². The van der Waals surface area contributed by atoms with Gasteiger partial charge in [-0.3, -0.25) is 0 Å². The van der Waals surface area contributed by atoms with Crippen LogP contribution in [0.25, 0.3) is 132 Å². The van der Waals surface area contributed by atoms with Crippen LogP contribution < -0.4 is 10.9 Å². The number of nitrogens with zero attached hydrogens (tertiary/aromatic N) is 4. The second kappa shape index (κ2) is 13.2. The summed E-state index contributed by atoms with van der Waals surface area (Å²) in [4.78, 5) is 0. The van der Waals surface area contributed by atoms with Gasteiger partial charge in [0.05, 0.1) is 50.3 Å². The summed E-state index contributed by atoms with van der Waals surface area (Å²) in [7, 11) is 0. The van der Waals surface area contributed by atoms with Gasteiger partial charge in [-0.15, -0.1) is 0 Å². The molecule has 0 saturated heterocycles. The third-order valence-electron chi connectivity index (χ3n) is 18.2. The highest BCUT2D eigenvalue weighted by atomic mass is 15.1. The summed E-state index contributed by atoms with van der Waals surface area (Å²) in [5.41, 5.74) is 36.8. The van der Waals surface area contributed by atoms with E-state index in [9.17, 15) is 0 Å². The number of para-hydroxylation sites is 6. The molecule has 0 radical (unpaired) electrons. The summed E-state index contributed by atoms with van der Waals surface area (Å²) in [6.07, 6.45) is 0. The Morgan fingerprint density at radius 3 is 1.55 bits per heavy atom. The maximum atomic E-state index is 2.81. The molecule has 0 amide bonds. The van der Waals surface area contributed by atoms with Gasteiger partial charge >= 0.3 is 6.85 Å². The van der Waals surface area contributed by atoms with Crippen LogP contribution in [0.15, 0.2) is 170 Å². The highest BCUT2D eigenvalue weighted by Gasteiger charge is 2.45. The molecule has 14 aromatic rings. The van der Waals surface area contributed by atoms with E-state index in [1.54, 1.807) is 0 Å². The smallest absolute Gasteiger partial charge is 0.333 e. The first-order valence-electron chi connectivity index (χ1n) is 26.4. The summed E-state index contributed by atoms with van der Waals surface area (Å²) >= 11 is 0. The topological polar surface area (TPSA) is 19.7 Å². The first-order valence-corrected chi connectivity index (χ1v) is 26.4. The van der Waals surface area contributed by atoms with Crippen molar-refractivity contribution in [3.8, 4) is 55.9 Å². The van der Waals surface area contributed by atoms with Crippen molar-refractivity contribution in [3.63, 3.8) is 0 Å². The zero-order valence-corrected chi connectivity index (χ0v) is 42.1. The molecule has 1 atom stereocenters. The standard InChI is InChI=1S/C69H47BN4/c1-35-27-37(3)59(38(4)28-35)41-31-52-47-18-12-22-50-64(47)73(67-49-21-11-17-45-43-15-7-9-25-55(43)71(63(45)49)57(33-41)61(52)67)68-51-23-13-19-48-53-32-42(60-39(5)29-36(2)30-40(60)6)34-58-62(53)70(74(65(48)51)69(50)68)54-24-14-20-46-44-16-8-10-26-56(44)72(58)66(46)54/h7-34,67H,1-6H3. The van der Waals surface area contributed by atoms with Crippen LogP contribution in [-0.4, -0.2) is 25.0 Å². The van der Waals surface area contributed by atoms with E-state index in [1.807, 2.05) is 0 Å². The predicted molar refractivity (Wildman–Crippen MR) is 311 cm³/mol. The zero-order valence-electron chi connectivity index (χ0n) is 42.1. The molecule has 0 fully saturated rings. The molecule has 346 valence electrons. The maximum absolute atomic E-state index is 2.81. The second-order valence-corrected chi connectivity index (χ2v) is 22.3. The largest absolute Gasteiger partial charge is 0.374 e. The molecule has 10 aromatic carbocycles. The number of rotatable bonds is 2. The molecule has 4 aliphatic heterocycles. The Bertz CT molecular complexity index is 4680. The quantitative estimate of drug-likeness (QED) is 0.154. The van der Waals surface area contributed by atoms with Crippen LogP contribution in [0.5, 0.6) is 0 Å². The summed E-state index contributed by atoms with van der Waals surface area (Å²) in [6, 6.07) is 66.3. The first kappa shape index (κ1) is 39.8. The van der Waals surface area contributed by atoms with Gasteiger partial charge in [-0.05, 0) is 145 Å². The molecule has 4 nitrogen and oxygen atoms in total. The molecule has 4 aliphatic rings. The van der Waals surface area contributed by atoms with Crippen LogP contribution >= 0.6 is 0 Å². The molecule has 5 heteroatoms. The summed E-state index contributed by atoms with van der Waals surface area (Å²) < 4.78 is 10.9. The molecule has 8 heterocycles. The van der Waals surface area contributed by atoms with E-state index in [4.69, 9.17) is 0 Å². The third kappa shape index (κ3) is 4.50. The Morgan fingerprint density at radius 1 is 0.378 bits per heavy atom. The monoisotopic (exact) mass is 942 g/mol. The van der Waals surface area contributed by atoms with E-state index in [0.717, 1.165) is 0 Å². The lowest BCUT2D eigenvalue weighted by atomic mass is 9.45. The minimum Gasteiger partial charge on any atom is -0.374 e. The number of benzene rings is 10. The fourth-order valence-electron chi connectivity index (χ4n) is 16.0. The van der Waals surface area contributed by atoms with Gasteiger partial charge in [0.15, 0.2) is 0 Å². The summed E-state index contributed by atoms with van der Waals surface area (Å²) in [5, 5.41) is 7.83. The van der Waals surface area contributed by atoms with Crippen LogP contribution in [0.3, 0.4) is 0 Å². The van der Waals surface area contributed by atoms with Gasteiger partial charge in [0.25, 0.3) is 0 Å². The molecular weight excluding hydrogens is 896 g/mol. The van der Waals surface area contributed by atoms with Gasteiger partial charge < -0.3 is 18.2 Å². The fraction of sp³-hybridized carbons (Fsp3) is 0.101. The molecule has 18 rings (SSSR count). The van der Waals surface area contributed by atoms with Crippen molar-refractivity contribution in [3.05, 3.63) is 214 Å². The first-order chi connectivity index (χ1) is 36.2. The van der Waals surface area contributed by atoms with Crippen LogP contribution in [0.1, 0.15) is 50.5 Å². The van der Waals surface area contributed by atoms with Crippen LogP contribution in [0.2, 0.25) is 0 Å². The Morgan fingerprint density at radius 2 is 0.892 bits per heavy atom. The molecule has 4 aromatic heterocycles. The number of hydrogen-bond acceptors (Lipinski definition) is 0. The van der Waals surface area contributed by atoms with Crippen molar-refractivity contribution in [2.45, 2.75) is 47.6 Å². The lowest BCUT2D eigenvalue weighted by Crippen LogP contribution is -2.55. The van der Waals surface area contributed by atoms with E-state index < -0.39 is 0 Å². The summed E-state index contributed by atoms with van der Waals surface area (Å²) in [5.74, 6) is 0. The molecule has 0 saturated carbocycles. The van der Waals surface area contributed by atoms with Crippen molar-refractivity contribution < 1.29 is 0 Å². The van der Waals surface area contributed by atoms with Crippen LogP contribution in [-0.2, 0) is 0 Å². The average molecular weight is 943 g/mol. The van der Waals surface area contributed by atoms with Crippen molar-refractivity contribution in [2.24, 2.45) is 0 Å². The van der Waals surface area contributed by atoms with Gasteiger partial charge in [0, 0.05) is 65.8 Å². The van der Waals surface area contributed by atoms with Gasteiger partial charge in [-0.2, -0.15) is 0 Å². The van der Waals surface area contributed by atoms with Crippen LogP contribution in [0, 0.1) is 41.5 Å².